The molecule has 1 fully saturated rings. The van der Waals surface area contributed by atoms with Crippen LogP contribution in [0.25, 0.3) is 16.8 Å². The summed E-state index contributed by atoms with van der Waals surface area (Å²) in [5.74, 6) is 1.14. The predicted octanol–water partition coefficient (Wildman–Crippen LogP) is 2.43. The molecule has 5 heteroatoms. The van der Waals surface area contributed by atoms with Gasteiger partial charge >= 0.3 is 0 Å². The van der Waals surface area contributed by atoms with Crippen LogP contribution in [0.1, 0.15) is 12.5 Å². The summed E-state index contributed by atoms with van der Waals surface area (Å²) < 4.78 is 1.72. The summed E-state index contributed by atoms with van der Waals surface area (Å²) in [6.07, 6.45) is 1.86. The van der Waals surface area contributed by atoms with Gasteiger partial charge in [0.05, 0.1) is 0 Å². The van der Waals surface area contributed by atoms with Gasteiger partial charge in [0.1, 0.15) is 0 Å². The summed E-state index contributed by atoms with van der Waals surface area (Å²) in [7, 11) is 0. The minimum atomic E-state index is 0.302. The number of hydrogen-bond donors (Lipinski definition) is 1. The fraction of sp³-hybridized carbons (Fsp3) is 0.294. The average Bonchev–Trinajstić information content (AvgIpc) is 2.86. The maximum Gasteiger partial charge on any atom is 0.240 e. The Hall–Kier alpha value is -2.40. The van der Waals surface area contributed by atoms with Crippen molar-refractivity contribution in [2.75, 3.05) is 18.8 Å². The molecule has 0 spiro atoms. The first-order chi connectivity index (χ1) is 10.7. The van der Waals surface area contributed by atoms with Gasteiger partial charge in [-0.2, -0.15) is 4.98 Å². The molecule has 0 aliphatic carbocycles. The van der Waals surface area contributed by atoms with Crippen molar-refractivity contribution in [2.45, 2.75) is 13.5 Å². The first kappa shape index (κ1) is 13.3. The van der Waals surface area contributed by atoms with Crippen LogP contribution in [0.2, 0.25) is 0 Å². The SMILES string of the molecule is CC1CN(Cc2ccc(-c3cccn4nc(N)nc34)cc2)C1. The van der Waals surface area contributed by atoms with Crippen LogP contribution in [0.3, 0.4) is 0 Å². The topological polar surface area (TPSA) is 59.5 Å². The number of pyridine rings is 1. The summed E-state index contributed by atoms with van der Waals surface area (Å²) in [5, 5.41) is 4.16. The first-order valence-electron chi connectivity index (χ1n) is 7.61. The standard InChI is InChI=1S/C17H19N5/c1-12-9-21(10-12)11-13-4-6-14(7-5-13)15-3-2-8-22-16(15)19-17(18)20-22/h2-8,12H,9-11H2,1H3,(H2,18,20). The summed E-state index contributed by atoms with van der Waals surface area (Å²) in [5.41, 5.74) is 10.0. The van der Waals surface area contributed by atoms with Crippen molar-refractivity contribution in [3.8, 4) is 11.1 Å². The lowest BCUT2D eigenvalue weighted by Gasteiger charge is -2.37. The van der Waals surface area contributed by atoms with Crippen LogP contribution < -0.4 is 5.73 Å². The highest BCUT2D eigenvalue weighted by molar-refractivity contribution is 5.77. The van der Waals surface area contributed by atoms with Crippen molar-refractivity contribution < 1.29 is 0 Å². The molecule has 3 aromatic rings. The number of likely N-dealkylation sites (tertiary alicyclic amines) is 1. The van der Waals surface area contributed by atoms with Crippen LogP contribution >= 0.6 is 0 Å². The molecule has 0 bridgehead atoms. The Balaban J connectivity index is 1.61. The Bertz CT molecular complexity index is 800. The number of fused-ring (bicyclic) bond motifs is 1. The van der Waals surface area contributed by atoms with E-state index in [2.05, 4.69) is 52.2 Å². The summed E-state index contributed by atoms with van der Waals surface area (Å²) in [6, 6.07) is 12.7. The number of nitrogens with two attached hydrogens (primary N) is 1. The molecular formula is C17H19N5. The number of nitrogens with zero attached hydrogens (tertiary/aromatic N) is 4. The van der Waals surface area contributed by atoms with Gasteiger partial charge in [0, 0.05) is 31.4 Å². The Morgan fingerprint density at radius 3 is 2.68 bits per heavy atom. The number of anilines is 1. The minimum Gasteiger partial charge on any atom is -0.366 e. The van der Waals surface area contributed by atoms with Gasteiger partial charge < -0.3 is 5.73 Å². The third-order valence-electron chi connectivity index (χ3n) is 4.19. The summed E-state index contributed by atoms with van der Waals surface area (Å²) >= 11 is 0. The predicted molar refractivity (Wildman–Crippen MR) is 87.3 cm³/mol. The van der Waals surface area contributed by atoms with E-state index in [-0.39, 0.29) is 0 Å². The van der Waals surface area contributed by atoms with E-state index < -0.39 is 0 Å². The average molecular weight is 293 g/mol. The molecule has 0 atom stereocenters. The molecule has 0 radical (unpaired) electrons. The molecule has 2 aromatic heterocycles. The lowest BCUT2D eigenvalue weighted by Crippen LogP contribution is -2.44. The smallest absolute Gasteiger partial charge is 0.240 e. The molecule has 1 aromatic carbocycles. The van der Waals surface area contributed by atoms with Gasteiger partial charge in [-0.3, -0.25) is 4.90 Å². The molecule has 4 rings (SSSR count). The number of rotatable bonds is 3. The fourth-order valence-electron chi connectivity index (χ4n) is 3.15. The van der Waals surface area contributed by atoms with Gasteiger partial charge in [0.15, 0.2) is 5.65 Å². The van der Waals surface area contributed by atoms with E-state index in [1.807, 2.05) is 12.3 Å². The van der Waals surface area contributed by atoms with Gasteiger partial charge in [-0.25, -0.2) is 4.52 Å². The molecule has 3 heterocycles. The highest BCUT2D eigenvalue weighted by Gasteiger charge is 2.21. The Morgan fingerprint density at radius 1 is 1.18 bits per heavy atom. The van der Waals surface area contributed by atoms with Crippen molar-refractivity contribution in [1.82, 2.24) is 19.5 Å². The van der Waals surface area contributed by atoms with Crippen LogP contribution in [0, 0.1) is 5.92 Å². The Labute approximate surface area is 129 Å². The lowest BCUT2D eigenvalue weighted by molar-refractivity contribution is 0.105. The molecular weight excluding hydrogens is 274 g/mol. The zero-order chi connectivity index (χ0) is 15.1. The number of nitrogen functional groups attached to an aromatic ring is 1. The summed E-state index contributed by atoms with van der Waals surface area (Å²) in [6.45, 7) is 5.75. The largest absolute Gasteiger partial charge is 0.366 e. The van der Waals surface area contributed by atoms with Crippen molar-refractivity contribution in [1.29, 1.82) is 0 Å². The maximum atomic E-state index is 5.70. The van der Waals surface area contributed by atoms with Crippen LogP contribution in [-0.2, 0) is 6.54 Å². The Morgan fingerprint density at radius 2 is 1.95 bits per heavy atom. The second-order valence-electron chi connectivity index (χ2n) is 6.16. The first-order valence-corrected chi connectivity index (χ1v) is 7.61. The highest BCUT2D eigenvalue weighted by atomic mass is 15.3. The van der Waals surface area contributed by atoms with Gasteiger partial charge in [0.2, 0.25) is 5.95 Å². The maximum absolute atomic E-state index is 5.70. The normalized spacial score (nSPS) is 16.0. The quantitative estimate of drug-likeness (QED) is 0.805. The van der Waals surface area contributed by atoms with Crippen molar-refractivity contribution in [3.05, 3.63) is 48.2 Å². The fourth-order valence-corrected chi connectivity index (χ4v) is 3.15. The molecule has 0 amide bonds. The second kappa shape index (κ2) is 5.10. The lowest BCUT2D eigenvalue weighted by atomic mass is 10.0. The Kier molecular flexibility index (Phi) is 3.08. The third kappa shape index (κ3) is 2.33. The van der Waals surface area contributed by atoms with Crippen molar-refractivity contribution in [2.24, 2.45) is 5.92 Å². The molecule has 5 nitrogen and oxygen atoms in total. The third-order valence-corrected chi connectivity index (χ3v) is 4.19. The molecule has 0 saturated carbocycles. The van der Waals surface area contributed by atoms with Crippen LogP contribution in [0.15, 0.2) is 42.6 Å². The van der Waals surface area contributed by atoms with Gasteiger partial charge in [-0.15, -0.1) is 5.10 Å². The van der Waals surface area contributed by atoms with E-state index in [1.165, 1.54) is 18.7 Å². The minimum absolute atomic E-state index is 0.302. The van der Waals surface area contributed by atoms with Crippen LogP contribution in [0.5, 0.6) is 0 Å². The van der Waals surface area contributed by atoms with E-state index >= 15 is 0 Å². The number of benzene rings is 1. The van der Waals surface area contributed by atoms with E-state index in [9.17, 15) is 0 Å². The molecule has 1 aliphatic rings. The zero-order valence-corrected chi connectivity index (χ0v) is 12.6. The van der Waals surface area contributed by atoms with Crippen molar-refractivity contribution in [3.63, 3.8) is 0 Å². The molecule has 1 aliphatic heterocycles. The van der Waals surface area contributed by atoms with Crippen molar-refractivity contribution >= 4 is 11.6 Å². The van der Waals surface area contributed by atoms with Crippen LogP contribution in [-0.4, -0.2) is 32.6 Å². The molecule has 1 saturated heterocycles. The monoisotopic (exact) mass is 293 g/mol. The molecule has 22 heavy (non-hydrogen) atoms. The molecule has 0 unspecified atom stereocenters. The highest BCUT2D eigenvalue weighted by Crippen LogP contribution is 2.25. The van der Waals surface area contributed by atoms with E-state index in [0.717, 1.165) is 29.2 Å². The van der Waals surface area contributed by atoms with Gasteiger partial charge in [0.25, 0.3) is 0 Å². The van der Waals surface area contributed by atoms with E-state index in [4.69, 9.17) is 5.73 Å². The zero-order valence-electron chi connectivity index (χ0n) is 12.6. The molecule has 2 N–H and O–H groups in total. The molecule has 112 valence electrons. The van der Waals surface area contributed by atoms with Gasteiger partial charge in [-0.1, -0.05) is 31.2 Å². The number of hydrogen-bond acceptors (Lipinski definition) is 4. The van der Waals surface area contributed by atoms with Crippen LogP contribution in [0.4, 0.5) is 5.95 Å². The number of aromatic nitrogens is 3. The second-order valence-corrected chi connectivity index (χ2v) is 6.16. The van der Waals surface area contributed by atoms with Gasteiger partial charge in [-0.05, 0) is 29.2 Å². The summed E-state index contributed by atoms with van der Waals surface area (Å²) in [4.78, 5) is 6.78. The van der Waals surface area contributed by atoms with E-state index in [0.29, 0.717) is 5.95 Å². The van der Waals surface area contributed by atoms with E-state index in [1.54, 1.807) is 4.52 Å².